The number of nitrogens with one attached hydrogen (secondary N) is 1. The van der Waals surface area contributed by atoms with Gasteiger partial charge in [0, 0.05) is 5.69 Å². The summed E-state index contributed by atoms with van der Waals surface area (Å²) in [5.41, 5.74) is 4.75. The summed E-state index contributed by atoms with van der Waals surface area (Å²) in [5.74, 6) is 0.751. The monoisotopic (exact) mass is 566 g/mol. The van der Waals surface area contributed by atoms with Crippen LogP contribution in [0.15, 0.2) is 66.2 Å². The molecule has 0 saturated heterocycles. The Bertz CT molecular complexity index is 1230. The summed E-state index contributed by atoms with van der Waals surface area (Å²) < 4.78 is 12.7. The molecule has 0 aliphatic rings. The number of anilines is 1. The molecule has 0 bridgehead atoms. The molecule has 1 amide bonds. The van der Waals surface area contributed by atoms with Crippen LogP contribution >= 0.6 is 22.6 Å². The van der Waals surface area contributed by atoms with Crippen molar-refractivity contribution in [3.05, 3.63) is 92.1 Å². The highest BCUT2D eigenvalue weighted by Gasteiger charge is 2.15. The Morgan fingerprint density at radius 2 is 1.82 bits per heavy atom. The number of aryl methyl sites for hydroxylation is 2. The molecule has 3 rings (SSSR count). The molecule has 3 aromatic carbocycles. The Balaban J connectivity index is 1.82. The van der Waals surface area contributed by atoms with Crippen molar-refractivity contribution in [2.45, 2.75) is 33.8 Å². The standard InChI is InChI=1S/C28H27IN2O3/c1-4-20-9-11-24(12-10-20)31-28(32)23(17-30)14-22-15-25(29)27(26(16-22)33-5-2)34-18-21-8-6-7-19(3)13-21/h6-16H,4-5,18H2,1-3H3,(H,31,32)/b23-14+. The van der Waals surface area contributed by atoms with Crippen molar-refractivity contribution in [1.29, 1.82) is 5.26 Å². The first-order valence-corrected chi connectivity index (χ1v) is 12.2. The van der Waals surface area contributed by atoms with Crippen LogP contribution in [0.5, 0.6) is 11.5 Å². The van der Waals surface area contributed by atoms with Crippen molar-refractivity contribution in [3.63, 3.8) is 0 Å². The summed E-state index contributed by atoms with van der Waals surface area (Å²) >= 11 is 2.18. The van der Waals surface area contributed by atoms with Crippen molar-refractivity contribution < 1.29 is 14.3 Å². The van der Waals surface area contributed by atoms with Crippen molar-refractivity contribution in [1.82, 2.24) is 0 Å². The van der Waals surface area contributed by atoms with Crippen LogP contribution in [0.25, 0.3) is 6.08 Å². The van der Waals surface area contributed by atoms with Gasteiger partial charge in [0.2, 0.25) is 0 Å². The van der Waals surface area contributed by atoms with Crippen LogP contribution in [0.1, 0.15) is 36.1 Å². The zero-order valence-corrected chi connectivity index (χ0v) is 21.7. The summed E-state index contributed by atoms with van der Waals surface area (Å²) in [7, 11) is 0. The molecule has 0 saturated carbocycles. The molecule has 3 aromatic rings. The molecule has 0 radical (unpaired) electrons. The highest BCUT2D eigenvalue weighted by atomic mass is 127. The van der Waals surface area contributed by atoms with Gasteiger partial charge in [-0.3, -0.25) is 4.79 Å². The van der Waals surface area contributed by atoms with Gasteiger partial charge in [-0.1, -0.05) is 48.9 Å². The average molecular weight is 566 g/mol. The van der Waals surface area contributed by atoms with Gasteiger partial charge in [-0.15, -0.1) is 0 Å². The predicted octanol–water partition coefficient (Wildman–Crippen LogP) is 6.69. The van der Waals surface area contributed by atoms with Crippen LogP contribution in [-0.4, -0.2) is 12.5 Å². The van der Waals surface area contributed by atoms with Crippen LogP contribution in [-0.2, 0) is 17.8 Å². The summed E-state index contributed by atoms with van der Waals surface area (Å²) in [6.07, 6.45) is 2.48. The molecule has 0 unspecified atom stereocenters. The number of carbonyl (C=O) groups excluding carboxylic acids is 1. The van der Waals surface area contributed by atoms with E-state index in [1.54, 1.807) is 12.1 Å². The fourth-order valence-corrected chi connectivity index (χ4v) is 4.15. The maximum absolute atomic E-state index is 12.7. The molecule has 0 atom stereocenters. The maximum Gasteiger partial charge on any atom is 0.266 e. The highest BCUT2D eigenvalue weighted by Crippen LogP contribution is 2.35. The molecule has 0 spiro atoms. The van der Waals surface area contributed by atoms with E-state index < -0.39 is 5.91 Å². The number of amides is 1. The van der Waals surface area contributed by atoms with E-state index in [-0.39, 0.29) is 5.57 Å². The van der Waals surface area contributed by atoms with Crippen LogP contribution in [0.3, 0.4) is 0 Å². The quantitative estimate of drug-likeness (QED) is 0.178. The highest BCUT2D eigenvalue weighted by molar-refractivity contribution is 14.1. The second-order valence-corrected chi connectivity index (χ2v) is 8.88. The van der Waals surface area contributed by atoms with Crippen LogP contribution in [0, 0.1) is 21.8 Å². The van der Waals surface area contributed by atoms with Crippen LogP contribution in [0.2, 0.25) is 0 Å². The van der Waals surface area contributed by atoms with Gasteiger partial charge in [0.05, 0.1) is 10.2 Å². The Labute approximate surface area is 214 Å². The van der Waals surface area contributed by atoms with Gasteiger partial charge in [-0.05, 0) is 89.9 Å². The first kappa shape index (κ1) is 25.3. The number of rotatable bonds is 9. The number of halogens is 1. The van der Waals surface area contributed by atoms with Gasteiger partial charge >= 0.3 is 0 Å². The van der Waals surface area contributed by atoms with Gasteiger partial charge in [0.15, 0.2) is 11.5 Å². The first-order chi connectivity index (χ1) is 16.4. The van der Waals surface area contributed by atoms with Crippen molar-refractivity contribution >= 4 is 40.3 Å². The predicted molar refractivity (Wildman–Crippen MR) is 144 cm³/mol. The number of nitriles is 1. The van der Waals surface area contributed by atoms with Gasteiger partial charge in [0.1, 0.15) is 18.2 Å². The number of benzene rings is 3. The largest absolute Gasteiger partial charge is 0.490 e. The molecule has 6 heteroatoms. The molecular weight excluding hydrogens is 539 g/mol. The van der Waals surface area contributed by atoms with E-state index >= 15 is 0 Å². The van der Waals surface area contributed by atoms with E-state index in [1.165, 1.54) is 11.1 Å². The van der Waals surface area contributed by atoms with E-state index in [0.717, 1.165) is 15.6 Å². The van der Waals surface area contributed by atoms with Crippen molar-refractivity contribution in [2.24, 2.45) is 0 Å². The third kappa shape index (κ3) is 6.84. The third-order valence-corrected chi connectivity index (χ3v) is 5.89. The van der Waals surface area contributed by atoms with Gasteiger partial charge in [0.25, 0.3) is 5.91 Å². The smallest absolute Gasteiger partial charge is 0.266 e. The summed E-state index contributed by atoms with van der Waals surface area (Å²) in [6, 6.07) is 21.4. The fourth-order valence-electron chi connectivity index (χ4n) is 3.37. The molecule has 5 nitrogen and oxygen atoms in total. The summed E-state index contributed by atoms with van der Waals surface area (Å²) in [4.78, 5) is 12.7. The zero-order valence-electron chi connectivity index (χ0n) is 19.5. The molecule has 34 heavy (non-hydrogen) atoms. The minimum absolute atomic E-state index is 0.00578. The molecule has 0 heterocycles. The third-order valence-electron chi connectivity index (χ3n) is 5.09. The molecule has 0 aliphatic carbocycles. The van der Waals surface area contributed by atoms with E-state index in [0.29, 0.717) is 36.0 Å². The van der Waals surface area contributed by atoms with Gasteiger partial charge in [-0.25, -0.2) is 0 Å². The molecule has 0 aromatic heterocycles. The molecule has 174 valence electrons. The van der Waals surface area contributed by atoms with Crippen molar-refractivity contribution in [2.75, 3.05) is 11.9 Å². The second kappa shape index (κ2) is 12.2. The van der Waals surface area contributed by atoms with E-state index in [4.69, 9.17) is 9.47 Å². The number of hydrogen-bond donors (Lipinski definition) is 1. The molecular formula is C28H27IN2O3. The maximum atomic E-state index is 12.7. The van der Waals surface area contributed by atoms with Crippen LogP contribution < -0.4 is 14.8 Å². The second-order valence-electron chi connectivity index (χ2n) is 7.72. The van der Waals surface area contributed by atoms with E-state index in [2.05, 4.69) is 40.9 Å². The molecule has 1 N–H and O–H groups in total. The topological polar surface area (TPSA) is 71.3 Å². The molecule has 0 aliphatic heterocycles. The van der Waals surface area contributed by atoms with E-state index in [9.17, 15) is 10.1 Å². The summed E-state index contributed by atoms with van der Waals surface area (Å²) in [6.45, 7) is 6.89. The lowest BCUT2D eigenvalue weighted by atomic mass is 10.1. The Hall–Kier alpha value is -3.31. The lowest BCUT2D eigenvalue weighted by Gasteiger charge is -2.15. The minimum atomic E-state index is -0.459. The number of nitrogens with zero attached hydrogens (tertiary/aromatic N) is 1. The van der Waals surface area contributed by atoms with Gasteiger partial charge in [-0.2, -0.15) is 5.26 Å². The van der Waals surface area contributed by atoms with E-state index in [1.807, 2.05) is 68.4 Å². The van der Waals surface area contributed by atoms with Gasteiger partial charge < -0.3 is 14.8 Å². The SMILES string of the molecule is CCOc1cc(/C=C(\C#N)C(=O)Nc2ccc(CC)cc2)cc(I)c1OCc1cccc(C)c1. The number of hydrogen-bond acceptors (Lipinski definition) is 4. The number of carbonyl (C=O) groups is 1. The lowest BCUT2D eigenvalue weighted by Crippen LogP contribution is -2.13. The normalized spacial score (nSPS) is 11.0. The fraction of sp³-hybridized carbons (Fsp3) is 0.214. The Morgan fingerprint density at radius 1 is 1.06 bits per heavy atom. The van der Waals surface area contributed by atoms with Crippen LogP contribution in [0.4, 0.5) is 5.69 Å². The average Bonchev–Trinajstić information content (AvgIpc) is 2.82. The summed E-state index contributed by atoms with van der Waals surface area (Å²) in [5, 5.41) is 12.4. The first-order valence-electron chi connectivity index (χ1n) is 11.1. The Kier molecular flexibility index (Phi) is 9.11. The Morgan fingerprint density at radius 3 is 2.47 bits per heavy atom. The lowest BCUT2D eigenvalue weighted by molar-refractivity contribution is -0.112. The zero-order chi connectivity index (χ0) is 24.5. The number of ether oxygens (including phenoxy) is 2. The van der Waals surface area contributed by atoms with Crippen molar-refractivity contribution in [3.8, 4) is 17.6 Å². The molecule has 0 fully saturated rings. The minimum Gasteiger partial charge on any atom is -0.490 e.